The number of thioether (sulfide) groups is 1. The van der Waals surface area contributed by atoms with Gasteiger partial charge < -0.3 is 5.32 Å². The van der Waals surface area contributed by atoms with Crippen molar-refractivity contribution in [1.29, 1.82) is 0 Å². The lowest BCUT2D eigenvalue weighted by Crippen LogP contribution is -2.15. The highest BCUT2D eigenvalue weighted by atomic mass is 32.2. The molecule has 3 rings (SSSR count). The second-order valence-electron chi connectivity index (χ2n) is 6.24. The summed E-state index contributed by atoms with van der Waals surface area (Å²) in [5.74, 6) is -2.77. The molecule has 1 amide bonds. The van der Waals surface area contributed by atoms with E-state index >= 15 is 0 Å². The third-order valence-electron chi connectivity index (χ3n) is 4.27. The van der Waals surface area contributed by atoms with Crippen LogP contribution in [0.15, 0.2) is 35.2 Å². The molecule has 0 saturated heterocycles. The average Bonchev–Trinajstić information content (AvgIpc) is 2.96. The summed E-state index contributed by atoms with van der Waals surface area (Å²) in [4.78, 5) is 17.3. The number of halogens is 2. The Morgan fingerprint density at radius 3 is 2.74 bits per heavy atom. The molecule has 0 saturated carbocycles. The van der Waals surface area contributed by atoms with Gasteiger partial charge in [0, 0.05) is 28.8 Å². The SMILES string of the molecule is Cc1cc2nc(C)c(CCC(=O)Nc3ccccc3SC(F)F)c(C)n2n1. The molecule has 0 aliphatic heterocycles. The van der Waals surface area contributed by atoms with E-state index in [1.54, 1.807) is 28.8 Å². The van der Waals surface area contributed by atoms with Gasteiger partial charge >= 0.3 is 0 Å². The summed E-state index contributed by atoms with van der Waals surface area (Å²) in [6.45, 7) is 5.78. The van der Waals surface area contributed by atoms with Gasteiger partial charge in [-0.15, -0.1) is 0 Å². The van der Waals surface area contributed by atoms with Gasteiger partial charge in [-0.25, -0.2) is 9.50 Å². The van der Waals surface area contributed by atoms with Gasteiger partial charge in [0.2, 0.25) is 5.91 Å². The van der Waals surface area contributed by atoms with Crippen molar-refractivity contribution < 1.29 is 13.6 Å². The summed E-state index contributed by atoms with van der Waals surface area (Å²) in [6, 6.07) is 8.48. The Kier molecular flexibility index (Phi) is 5.74. The summed E-state index contributed by atoms with van der Waals surface area (Å²) in [5, 5.41) is 7.16. The number of fused-ring (bicyclic) bond motifs is 1. The van der Waals surface area contributed by atoms with Gasteiger partial charge in [0.1, 0.15) is 0 Å². The number of rotatable bonds is 6. The molecule has 2 aromatic heterocycles. The second kappa shape index (κ2) is 8.04. The molecule has 0 bridgehead atoms. The second-order valence-corrected chi connectivity index (χ2v) is 7.27. The zero-order valence-electron chi connectivity index (χ0n) is 15.3. The van der Waals surface area contributed by atoms with Crippen LogP contribution in [0.3, 0.4) is 0 Å². The van der Waals surface area contributed by atoms with Crippen LogP contribution in [-0.4, -0.2) is 26.3 Å². The Bertz CT molecular complexity index is 987. The van der Waals surface area contributed by atoms with E-state index in [4.69, 9.17) is 0 Å². The lowest BCUT2D eigenvalue weighted by molar-refractivity contribution is -0.116. The molecule has 0 unspecified atom stereocenters. The Hall–Kier alpha value is -2.48. The standard InChI is InChI=1S/C19H20F2N4OS/c1-11-10-17-22-12(2)14(13(3)25(17)24-11)8-9-18(26)23-15-6-4-5-7-16(15)27-19(20)21/h4-7,10,19H,8-9H2,1-3H3,(H,23,26). The first-order valence-electron chi connectivity index (χ1n) is 8.51. The van der Waals surface area contributed by atoms with Crippen molar-refractivity contribution in [2.75, 3.05) is 5.32 Å². The quantitative estimate of drug-likeness (QED) is 0.628. The largest absolute Gasteiger partial charge is 0.325 e. The van der Waals surface area contributed by atoms with E-state index < -0.39 is 5.76 Å². The van der Waals surface area contributed by atoms with Crippen LogP contribution in [0, 0.1) is 20.8 Å². The van der Waals surface area contributed by atoms with Crippen LogP contribution >= 0.6 is 11.8 Å². The van der Waals surface area contributed by atoms with E-state index in [1.165, 1.54) is 0 Å². The van der Waals surface area contributed by atoms with Crippen LogP contribution in [0.2, 0.25) is 0 Å². The number of benzene rings is 1. The number of nitrogens with one attached hydrogen (secondary N) is 1. The number of aryl methyl sites for hydroxylation is 3. The molecule has 5 nitrogen and oxygen atoms in total. The highest BCUT2D eigenvalue weighted by Gasteiger charge is 2.15. The van der Waals surface area contributed by atoms with Crippen molar-refractivity contribution in [3.05, 3.63) is 53.0 Å². The van der Waals surface area contributed by atoms with Crippen LogP contribution < -0.4 is 5.32 Å². The predicted octanol–water partition coefficient (Wildman–Crippen LogP) is 4.54. The topological polar surface area (TPSA) is 59.3 Å². The third kappa shape index (κ3) is 4.44. The highest BCUT2D eigenvalue weighted by Crippen LogP contribution is 2.31. The first-order chi connectivity index (χ1) is 12.8. The Balaban J connectivity index is 1.72. The normalized spacial score (nSPS) is 11.3. The maximum absolute atomic E-state index is 12.7. The van der Waals surface area contributed by atoms with Gasteiger partial charge in [0.05, 0.1) is 11.4 Å². The van der Waals surface area contributed by atoms with Crippen molar-refractivity contribution in [2.24, 2.45) is 0 Å². The van der Waals surface area contributed by atoms with Crippen molar-refractivity contribution >= 4 is 29.0 Å². The zero-order valence-corrected chi connectivity index (χ0v) is 16.1. The summed E-state index contributed by atoms with van der Waals surface area (Å²) in [7, 11) is 0. The van der Waals surface area contributed by atoms with E-state index in [0.29, 0.717) is 28.8 Å². The van der Waals surface area contributed by atoms with Gasteiger partial charge in [-0.2, -0.15) is 13.9 Å². The molecule has 0 radical (unpaired) electrons. The Morgan fingerprint density at radius 1 is 1.26 bits per heavy atom. The molecular weight excluding hydrogens is 370 g/mol. The minimum Gasteiger partial charge on any atom is -0.325 e. The fourth-order valence-corrected chi connectivity index (χ4v) is 3.62. The van der Waals surface area contributed by atoms with Gasteiger partial charge in [-0.1, -0.05) is 23.9 Å². The number of amides is 1. The predicted molar refractivity (Wildman–Crippen MR) is 102 cm³/mol. The van der Waals surface area contributed by atoms with E-state index in [-0.39, 0.29) is 12.3 Å². The summed E-state index contributed by atoms with van der Waals surface area (Å²) >= 11 is 0.420. The highest BCUT2D eigenvalue weighted by molar-refractivity contribution is 7.99. The fraction of sp³-hybridized carbons (Fsp3) is 0.316. The maximum atomic E-state index is 12.7. The molecule has 0 atom stereocenters. The van der Waals surface area contributed by atoms with E-state index in [9.17, 15) is 13.6 Å². The molecule has 0 fully saturated rings. The number of aromatic nitrogens is 3. The number of carbonyl (C=O) groups is 1. The number of nitrogens with zero attached hydrogens (tertiary/aromatic N) is 3. The lowest BCUT2D eigenvalue weighted by atomic mass is 10.1. The molecule has 0 aliphatic rings. The van der Waals surface area contributed by atoms with E-state index in [2.05, 4.69) is 15.4 Å². The third-order valence-corrected chi connectivity index (χ3v) is 5.05. The smallest absolute Gasteiger partial charge is 0.288 e. The molecular formula is C19H20F2N4OS. The number of hydrogen-bond donors (Lipinski definition) is 1. The minimum absolute atomic E-state index is 0.225. The van der Waals surface area contributed by atoms with Crippen molar-refractivity contribution in [3.63, 3.8) is 0 Å². The monoisotopic (exact) mass is 390 g/mol. The number of alkyl halides is 2. The molecule has 142 valence electrons. The molecule has 3 aromatic rings. The zero-order chi connectivity index (χ0) is 19.6. The van der Waals surface area contributed by atoms with Gasteiger partial charge in [-0.3, -0.25) is 4.79 Å². The average molecular weight is 390 g/mol. The lowest BCUT2D eigenvalue weighted by Gasteiger charge is -2.12. The Morgan fingerprint density at radius 2 is 2.00 bits per heavy atom. The van der Waals surface area contributed by atoms with E-state index in [1.807, 2.05) is 26.8 Å². The van der Waals surface area contributed by atoms with Gasteiger partial charge in [0.15, 0.2) is 5.65 Å². The number of hydrogen-bond acceptors (Lipinski definition) is 4. The first kappa shape index (κ1) is 19.3. The number of carbonyl (C=O) groups excluding carboxylic acids is 1. The van der Waals surface area contributed by atoms with Crippen molar-refractivity contribution in [1.82, 2.24) is 14.6 Å². The van der Waals surface area contributed by atoms with Crippen LogP contribution in [-0.2, 0) is 11.2 Å². The van der Waals surface area contributed by atoms with Crippen molar-refractivity contribution in [3.8, 4) is 0 Å². The maximum Gasteiger partial charge on any atom is 0.288 e. The number of anilines is 1. The molecule has 8 heteroatoms. The van der Waals surface area contributed by atoms with Crippen molar-refractivity contribution in [2.45, 2.75) is 44.3 Å². The minimum atomic E-state index is -2.54. The molecule has 1 N–H and O–H groups in total. The van der Waals surface area contributed by atoms with Crippen LogP contribution in [0.1, 0.15) is 29.1 Å². The molecule has 27 heavy (non-hydrogen) atoms. The number of para-hydroxylation sites is 1. The first-order valence-corrected chi connectivity index (χ1v) is 9.39. The molecule has 0 aliphatic carbocycles. The molecule has 0 spiro atoms. The van der Waals surface area contributed by atoms with E-state index in [0.717, 1.165) is 28.3 Å². The summed E-state index contributed by atoms with van der Waals surface area (Å²) in [5.41, 5.74) is 4.85. The van der Waals surface area contributed by atoms with Crippen LogP contribution in [0.4, 0.5) is 14.5 Å². The fourth-order valence-electron chi connectivity index (χ4n) is 3.02. The summed E-state index contributed by atoms with van der Waals surface area (Å²) < 4.78 is 27.1. The van der Waals surface area contributed by atoms with Gasteiger partial charge in [-0.05, 0) is 44.9 Å². The van der Waals surface area contributed by atoms with Crippen LogP contribution in [0.5, 0.6) is 0 Å². The Labute approximate surface area is 160 Å². The van der Waals surface area contributed by atoms with Crippen LogP contribution in [0.25, 0.3) is 5.65 Å². The summed E-state index contributed by atoms with van der Waals surface area (Å²) in [6.07, 6.45) is 0.721. The van der Waals surface area contributed by atoms with Gasteiger partial charge in [0.25, 0.3) is 5.76 Å². The molecule has 2 heterocycles. The molecule has 1 aromatic carbocycles.